The number of hydrogen-bond donors (Lipinski definition) is 2. The third-order valence-electron chi connectivity index (χ3n) is 5.05. The Morgan fingerprint density at radius 2 is 2.03 bits per heavy atom. The highest BCUT2D eigenvalue weighted by Crippen LogP contribution is 2.28. The first kappa shape index (κ1) is 21.9. The van der Waals surface area contributed by atoms with Gasteiger partial charge in [-0.15, -0.1) is 0 Å². The standard InChI is InChI=1S/C24H21FN6O2/c1-2-22(32)28-18-5-3-4-16(12-18)23-17(14-26)15-27-24(30-23)29-19-6-7-20(25)21(13-19)31-8-10-33-11-9-31/h2-7,12-13,15H,1,8-11H2,(H,28,32)(H,27,29,30). The van der Waals surface area contributed by atoms with Crippen LogP contribution in [0.5, 0.6) is 0 Å². The quantitative estimate of drug-likeness (QED) is 0.557. The summed E-state index contributed by atoms with van der Waals surface area (Å²) in [5.74, 6) is -0.406. The average Bonchev–Trinajstić information content (AvgIpc) is 2.85. The third kappa shape index (κ3) is 5.14. The molecule has 0 aliphatic carbocycles. The van der Waals surface area contributed by atoms with E-state index in [-0.39, 0.29) is 23.2 Å². The zero-order valence-corrected chi connectivity index (χ0v) is 17.7. The number of aromatic nitrogens is 2. The van der Waals surface area contributed by atoms with Gasteiger partial charge >= 0.3 is 0 Å². The van der Waals surface area contributed by atoms with Crippen LogP contribution >= 0.6 is 0 Å². The van der Waals surface area contributed by atoms with Gasteiger partial charge in [0.25, 0.3) is 0 Å². The molecule has 3 aromatic rings. The van der Waals surface area contributed by atoms with Crippen molar-refractivity contribution in [3.8, 4) is 17.3 Å². The molecule has 1 aliphatic rings. The Bertz CT molecular complexity index is 1230. The maximum atomic E-state index is 14.4. The maximum Gasteiger partial charge on any atom is 0.247 e. The van der Waals surface area contributed by atoms with Gasteiger partial charge in [0, 0.05) is 30.0 Å². The Kier molecular flexibility index (Phi) is 6.57. The van der Waals surface area contributed by atoms with E-state index in [0.717, 1.165) is 0 Å². The summed E-state index contributed by atoms with van der Waals surface area (Å²) >= 11 is 0. The molecule has 1 fully saturated rings. The van der Waals surface area contributed by atoms with Gasteiger partial charge < -0.3 is 20.3 Å². The number of amides is 1. The first-order valence-electron chi connectivity index (χ1n) is 10.3. The van der Waals surface area contributed by atoms with Gasteiger partial charge in [0.05, 0.1) is 36.4 Å². The summed E-state index contributed by atoms with van der Waals surface area (Å²) in [7, 11) is 0. The van der Waals surface area contributed by atoms with Crippen LogP contribution in [0.3, 0.4) is 0 Å². The number of carbonyl (C=O) groups is 1. The summed E-state index contributed by atoms with van der Waals surface area (Å²) in [6, 6.07) is 13.8. The van der Waals surface area contributed by atoms with Crippen LogP contribution in [0.25, 0.3) is 11.3 Å². The van der Waals surface area contributed by atoms with Gasteiger partial charge in [0.1, 0.15) is 11.9 Å². The van der Waals surface area contributed by atoms with Gasteiger partial charge in [0.2, 0.25) is 11.9 Å². The number of nitriles is 1. The molecule has 0 bridgehead atoms. The van der Waals surface area contributed by atoms with Crippen LogP contribution in [0, 0.1) is 17.1 Å². The van der Waals surface area contributed by atoms with Crippen LogP contribution in [0.15, 0.2) is 61.3 Å². The molecule has 0 atom stereocenters. The van der Waals surface area contributed by atoms with Crippen LogP contribution in [-0.2, 0) is 9.53 Å². The Balaban J connectivity index is 1.63. The van der Waals surface area contributed by atoms with Crippen LogP contribution in [0.1, 0.15) is 5.56 Å². The number of nitrogens with zero attached hydrogens (tertiary/aromatic N) is 4. The smallest absolute Gasteiger partial charge is 0.247 e. The maximum absolute atomic E-state index is 14.4. The summed E-state index contributed by atoms with van der Waals surface area (Å²) in [5.41, 5.74) is 2.94. The lowest BCUT2D eigenvalue weighted by molar-refractivity contribution is -0.111. The van der Waals surface area contributed by atoms with Crippen molar-refractivity contribution < 1.29 is 13.9 Å². The summed E-state index contributed by atoms with van der Waals surface area (Å²) < 4.78 is 19.8. The van der Waals surface area contributed by atoms with Crippen molar-refractivity contribution in [2.24, 2.45) is 0 Å². The molecular formula is C24H21FN6O2. The first-order chi connectivity index (χ1) is 16.1. The highest BCUT2D eigenvalue weighted by atomic mass is 19.1. The van der Waals surface area contributed by atoms with E-state index in [4.69, 9.17) is 4.74 Å². The second-order valence-corrected chi connectivity index (χ2v) is 7.23. The Morgan fingerprint density at radius 1 is 1.21 bits per heavy atom. The van der Waals surface area contributed by atoms with E-state index in [0.29, 0.717) is 54.6 Å². The van der Waals surface area contributed by atoms with Crippen molar-refractivity contribution in [1.82, 2.24) is 9.97 Å². The second-order valence-electron chi connectivity index (χ2n) is 7.23. The molecule has 2 aromatic carbocycles. The van der Waals surface area contributed by atoms with Crippen LogP contribution in [0.2, 0.25) is 0 Å². The minimum absolute atomic E-state index is 0.254. The average molecular weight is 444 g/mol. The summed E-state index contributed by atoms with van der Waals surface area (Å²) in [4.78, 5) is 22.3. The first-order valence-corrected chi connectivity index (χ1v) is 10.3. The molecular weight excluding hydrogens is 423 g/mol. The zero-order valence-electron chi connectivity index (χ0n) is 17.7. The molecule has 1 aromatic heterocycles. The molecule has 2 N–H and O–H groups in total. The molecule has 8 nitrogen and oxygen atoms in total. The minimum atomic E-state index is -0.343. The fourth-order valence-electron chi connectivity index (χ4n) is 3.45. The molecule has 0 saturated carbocycles. The van der Waals surface area contributed by atoms with E-state index in [1.54, 1.807) is 36.4 Å². The van der Waals surface area contributed by atoms with Gasteiger partial charge in [-0.3, -0.25) is 4.79 Å². The lowest BCUT2D eigenvalue weighted by atomic mass is 10.1. The molecule has 1 amide bonds. The van der Waals surface area contributed by atoms with E-state index in [2.05, 4.69) is 33.2 Å². The van der Waals surface area contributed by atoms with Crippen molar-refractivity contribution in [1.29, 1.82) is 5.26 Å². The number of nitrogens with one attached hydrogen (secondary N) is 2. The normalized spacial score (nSPS) is 13.2. The van der Waals surface area contributed by atoms with Crippen LogP contribution < -0.4 is 15.5 Å². The number of carbonyl (C=O) groups excluding carboxylic acids is 1. The molecule has 0 spiro atoms. The largest absolute Gasteiger partial charge is 0.378 e. The highest BCUT2D eigenvalue weighted by Gasteiger charge is 2.16. The number of hydrogen-bond acceptors (Lipinski definition) is 7. The molecule has 4 rings (SSSR count). The molecule has 2 heterocycles. The molecule has 0 radical (unpaired) electrons. The molecule has 0 unspecified atom stereocenters. The topological polar surface area (TPSA) is 103 Å². The number of anilines is 4. The molecule has 1 aliphatic heterocycles. The fraction of sp³-hybridized carbons (Fsp3) is 0.167. The van der Waals surface area contributed by atoms with Crippen molar-refractivity contribution >= 4 is 28.9 Å². The van der Waals surface area contributed by atoms with Gasteiger partial charge in [-0.25, -0.2) is 14.4 Å². The minimum Gasteiger partial charge on any atom is -0.378 e. The van der Waals surface area contributed by atoms with E-state index in [1.165, 1.54) is 18.3 Å². The zero-order chi connectivity index (χ0) is 23.2. The number of rotatable bonds is 6. The molecule has 33 heavy (non-hydrogen) atoms. The van der Waals surface area contributed by atoms with E-state index >= 15 is 0 Å². The number of ether oxygens (including phenoxy) is 1. The van der Waals surface area contributed by atoms with Crippen molar-refractivity contribution in [2.45, 2.75) is 0 Å². The SMILES string of the molecule is C=CC(=O)Nc1cccc(-c2nc(Nc3ccc(F)c(N4CCOCC4)c3)ncc2C#N)c1. The predicted molar refractivity (Wildman–Crippen MR) is 124 cm³/mol. The van der Waals surface area contributed by atoms with E-state index < -0.39 is 0 Å². The van der Waals surface area contributed by atoms with Gasteiger partial charge in [-0.1, -0.05) is 18.7 Å². The van der Waals surface area contributed by atoms with Gasteiger partial charge in [0.15, 0.2) is 0 Å². The lowest BCUT2D eigenvalue weighted by Crippen LogP contribution is -2.36. The number of benzene rings is 2. The summed E-state index contributed by atoms with van der Waals surface area (Å²) in [6.45, 7) is 5.75. The Hall–Kier alpha value is -4.29. The second kappa shape index (κ2) is 9.89. The number of morpholine rings is 1. The number of halogens is 1. The third-order valence-corrected chi connectivity index (χ3v) is 5.05. The highest BCUT2D eigenvalue weighted by molar-refractivity contribution is 5.99. The fourth-order valence-corrected chi connectivity index (χ4v) is 3.45. The monoisotopic (exact) mass is 444 g/mol. The van der Waals surface area contributed by atoms with E-state index in [1.807, 2.05) is 4.90 Å². The molecule has 9 heteroatoms. The summed E-state index contributed by atoms with van der Waals surface area (Å²) in [6.07, 6.45) is 2.60. The Morgan fingerprint density at radius 3 is 2.79 bits per heavy atom. The summed E-state index contributed by atoms with van der Waals surface area (Å²) in [5, 5.41) is 15.3. The van der Waals surface area contributed by atoms with Crippen molar-refractivity contribution in [3.63, 3.8) is 0 Å². The van der Waals surface area contributed by atoms with Gasteiger partial charge in [-0.2, -0.15) is 5.26 Å². The molecule has 1 saturated heterocycles. The van der Waals surface area contributed by atoms with E-state index in [9.17, 15) is 14.4 Å². The Labute approximate surface area is 190 Å². The van der Waals surface area contributed by atoms with Crippen molar-refractivity contribution in [2.75, 3.05) is 41.8 Å². The molecule has 166 valence electrons. The predicted octanol–water partition coefficient (Wildman–Crippen LogP) is 3.86. The van der Waals surface area contributed by atoms with Crippen molar-refractivity contribution in [3.05, 3.63) is 72.7 Å². The van der Waals surface area contributed by atoms with Crippen LogP contribution in [0.4, 0.5) is 27.4 Å². The lowest BCUT2D eigenvalue weighted by Gasteiger charge is -2.29. The van der Waals surface area contributed by atoms with Gasteiger partial charge in [-0.05, 0) is 36.4 Å². The van der Waals surface area contributed by atoms with Crippen LogP contribution in [-0.4, -0.2) is 42.2 Å².